The largest absolute Gasteiger partial charge is 0.340 e. The van der Waals surface area contributed by atoms with Crippen molar-refractivity contribution in [1.82, 2.24) is 10.8 Å². The van der Waals surface area contributed by atoms with Gasteiger partial charge in [0.05, 0.1) is 0 Å². The van der Waals surface area contributed by atoms with Crippen molar-refractivity contribution in [2.75, 3.05) is 0 Å². The van der Waals surface area contributed by atoms with Crippen LogP contribution in [0, 0.1) is 17.0 Å². The van der Waals surface area contributed by atoms with Gasteiger partial charge in [0.1, 0.15) is 6.04 Å². The van der Waals surface area contributed by atoms with E-state index < -0.39 is 29.0 Å². The van der Waals surface area contributed by atoms with Gasteiger partial charge >= 0.3 is 0 Å². The molecule has 0 aliphatic carbocycles. The molecule has 0 spiro atoms. The van der Waals surface area contributed by atoms with Crippen molar-refractivity contribution in [2.45, 2.75) is 26.8 Å². The zero-order valence-electron chi connectivity index (χ0n) is 14.6. The molecule has 1 atom stereocenters. The first-order valence-corrected chi connectivity index (χ1v) is 7.94. The maximum Gasteiger partial charge on any atom is 0.270 e. The van der Waals surface area contributed by atoms with E-state index in [0.717, 1.165) is 12.1 Å². The smallest absolute Gasteiger partial charge is 0.270 e. The fourth-order valence-electron chi connectivity index (χ4n) is 2.26. The number of hydrogen-bond donors (Lipinski definition) is 3. The molecule has 2 aromatic rings. The maximum atomic E-state index is 13.4. The van der Waals surface area contributed by atoms with Crippen LogP contribution in [0.1, 0.15) is 32.4 Å². The van der Waals surface area contributed by atoms with E-state index in [9.17, 15) is 18.4 Å². The van der Waals surface area contributed by atoms with Crippen LogP contribution in [-0.2, 0) is 9.59 Å². The lowest BCUT2D eigenvalue weighted by Crippen LogP contribution is -2.43. The van der Waals surface area contributed by atoms with Crippen molar-refractivity contribution in [3.63, 3.8) is 0 Å². The van der Waals surface area contributed by atoms with Gasteiger partial charge in [-0.2, -0.15) is 0 Å². The molecule has 2 amide bonds. The molecule has 1 unspecified atom stereocenters. The third-order valence-corrected chi connectivity index (χ3v) is 3.83. The quantitative estimate of drug-likeness (QED) is 0.577. The maximum absolute atomic E-state index is 13.4. The van der Waals surface area contributed by atoms with Crippen molar-refractivity contribution in [3.05, 3.63) is 59.7 Å². The summed E-state index contributed by atoms with van der Waals surface area (Å²) >= 11 is 0. The lowest BCUT2D eigenvalue weighted by atomic mass is 9.94. The highest BCUT2D eigenvalue weighted by Crippen LogP contribution is 2.25. The van der Waals surface area contributed by atoms with Gasteiger partial charge in [-0.15, -0.1) is 0 Å². The molecule has 138 valence electrons. The van der Waals surface area contributed by atoms with E-state index in [0.29, 0.717) is 16.7 Å². The van der Waals surface area contributed by atoms with Gasteiger partial charge < -0.3 is 5.32 Å². The van der Waals surface area contributed by atoms with Crippen LogP contribution >= 0.6 is 0 Å². The highest BCUT2D eigenvalue weighted by molar-refractivity contribution is 5.90. The molecule has 0 saturated heterocycles. The van der Waals surface area contributed by atoms with Gasteiger partial charge in [0.15, 0.2) is 11.6 Å². The van der Waals surface area contributed by atoms with Crippen molar-refractivity contribution in [3.8, 4) is 11.1 Å². The minimum Gasteiger partial charge on any atom is -0.340 e. The van der Waals surface area contributed by atoms with Crippen LogP contribution in [0.5, 0.6) is 0 Å². The minimum absolute atomic E-state index is 0.365. The monoisotopic (exact) mass is 362 g/mol. The van der Waals surface area contributed by atoms with Crippen molar-refractivity contribution in [1.29, 1.82) is 0 Å². The number of rotatable bonds is 4. The van der Waals surface area contributed by atoms with Crippen LogP contribution in [0.15, 0.2) is 42.5 Å². The van der Waals surface area contributed by atoms with Crippen LogP contribution in [0.25, 0.3) is 11.1 Å². The SMILES string of the molecule is CC(C)(C)C(=O)NC(C(=O)NO)c1ccc(-c2ccc(F)c(F)c2)cc1. The molecular formula is C19H20F2N2O3. The Hall–Kier alpha value is -2.80. The zero-order valence-corrected chi connectivity index (χ0v) is 14.6. The summed E-state index contributed by atoms with van der Waals surface area (Å²) in [6.07, 6.45) is 0. The molecule has 26 heavy (non-hydrogen) atoms. The molecule has 0 aliphatic rings. The second-order valence-corrected chi connectivity index (χ2v) is 6.88. The predicted molar refractivity (Wildman–Crippen MR) is 92.1 cm³/mol. The average Bonchev–Trinajstić information content (AvgIpc) is 2.60. The molecule has 2 rings (SSSR count). The van der Waals surface area contributed by atoms with Gasteiger partial charge in [-0.05, 0) is 28.8 Å². The fourth-order valence-corrected chi connectivity index (χ4v) is 2.26. The molecule has 3 N–H and O–H groups in total. The fraction of sp³-hybridized carbons (Fsp3) is 0.263. The average molecular weight is 362 g/mol. The molecule has 0 saturated carbocycles. The summed E-state index contributed by atoms with van der Waals surface area (Å²) in [7, 11) is 0. The van der Waals surface area contributed by atoms with Crippen LogP contribution in [0.2, 0.25) is 0 Å². The number of halogens is 2. The highest BCUT2D eigenvalue weighted by atomic mass is 19.2. The lowest BCUT2D eigenvalue weighted by molar-refractivity contribution is -0.137. The molecule has 5 nitrogen and oxygen atoms in total. The number of nitrogens with one attached hydrogen (secondary N) is 2. The van der Waals surface area contributed by atoms with Gasteiger partial charge in [-0.25, -0.2) is 14.3 Å². The van der Waals surface area contributed by atoms with Crippen molar-refractivity contribution >= 4 is 11.8 Å². The molecule has 7 heteroatoms. The van der Waals surface area contributed by atoms with Gasteiger partial charge in [0.25, 0.3) is 5.91 Å². The third-order valence-electron chi connectivity index (χ3n) is 3.83. The Morgan fingerprint density at radius 2 is 1.54 bits per heavy atom. The zero-order chi connectivity index (χ0) is 19.5. The molecule has 2 aromatic carbocycles. The minimum atomic E-state index is -1.09. The second kappa shape index (κ2) is 7.61. The van der Waals surface area contributed by atoms with E-state index in [4.69, 9.17) is 5.21 Å². The molecule has 0 heterocycles. The number of carbonyl (C=O) groups excluding carboxylic acids is 2. The Bertz CT molecular complexity index is 815. The Morgan fingerprint density at radius 1 is 0.962 bits per heavy atom. The summed E-state index contributed by atoms with van der Waals surface area (Å²) in [5.74, 6) is -3.05. The van der Waals surface area contributed by atoms with E-state index in [-0.39, 0.29) is 5.91 Å². The van der Waals surface area contributed by atoms with Crippen LogP contribution in [0.3, 0.4) is 0 Å². The first-order chi connectivity index (χ1) is 12.1. The number of carbonyl (C=O) groups is 2. The summed E-state index contributed by atoms with van der Waals surface area (Å²) in [6, 6.07) is 8.82. The van der Waals surface area contributed by atoms with Crippen LogP contribution in [-0.4, -0.2) is 17.0 Å². The number of hydrogen-bond acceptors (Lipinski definition) is 3. The first-order valence-electron chi connectivity index (χ1n) is 7.94. The van der Waals surface area contributed by atoms with Crippen molar-refractivity contribution < 1.29 is 23.6 Å². The summed E-state index contributed by atoms with van der Waals surface area (Å²) in [5, 5.41) is 11.5. The Labute approximate surface area is 150 Å². The number of hydroxylamine groups is 1. The predicted octanol–water partition coefficient (Wildman–Crippen LogP) is 3.34. The Morgan fingerprint density at radius 3 is 2.04 bits per heavy atom. The molecule has 0 bridgehead atoms. The van der Waals surface area contributed by atoms with Gasteiger partial charge in [0.2, 0.25) is 5.91 Å². The lowest BCUT2D eigenvalue weighted by Gasteiger charge is -2.23. The van der Waals surface area contributed by atoms with E-state index in [2.05, 4.69) is 5.32 Å². The van der Waals surface area contributed by atoms with Crippen LogP contribution < -0.4 is 10.8 Å². The van der Waals surface area contributed by atoms with E-state index in [1.807, 2.05) is 0 Å². The van der Waals surface area contributed by atoms with Crippen molar-refractivity contribution in [2.24, 2.45) is 5.41 Å². The Balaban J connectivity index is 2.30. The molecule has 0 aromatic heterocycles. The standard InChI is InChI=1S/C19H20F2N2O3/c1-19(2,3)18(25)22-16(17(24)23-26)12-6-4-11(5-7-12)13-8-9-14(20)15(21)10-13/h4-10,16,26H,1-3H3,(H,22,25)(H,23,24). The number of amides is 2. The molecule has 0 aliphatic heterocycles. The third kappa shape index (κ3) is 4.43. The highest BCUT2D eigenvalue weighted by Gasteiger charge is 2.28. The topological polar surface area (TPSA) is 78.4 Å². The van der Waals surface area contributed by atoms with Crippen LogP contribution in [0.4, 0.5) is 8.78 Å². The van der Waals surface area contributed by atoms with Gasteiger partial charge in [-0.1, -0.05) is 51.1 Å². The molecule has 0 fully saturated rings. The second-order valence-electron chi connectivity index (χ2n) is 6.88. The first kappa shape index (κ1) is 19.5. The van der Waals surface area contributed by atoms with E-state index in [1.54, 1.807) is 45.0 Å². The normalized spacial score (nSPS) is 12.4. The molecule has 0 radical (unpaired) electrons. The summed E-state index contributed by atoms with van der Waals surface area (Å²) in [5.41, 5.74) is 2.32. The summed E-state index contributed by atoms with van der Waals surface area (Å²) in [4.78, 5) is 24.1. The van der Waals surface area contributed by atoms with E-state index in [1.165, 1.54) is 11.5 Å². The van der Waals surface area contributed by atoms with Gasteiger partial charge in [0, 0.05) is 5.41 Å². The summed E-state index contributed by atoms with van der Waals surface area (Å²) < 4.78 is 26.4. The Kier molecular flexibility index (Phi) is 5.72. The summed E-state index contributed by atoms with van der Waals surface area (Å²) in [6.45, 7) is 5.09. The van der Waals surface area contributed by atoms with Gasteiger partial charge in [-0.3, -0.25) is 14.8 Å². The molecular weight excluding hydrogens is 342 g/mol. The van der Waals surface area contributed by atoms with E-state index >= 15 is 0 Å². The number of benzene rings is 2.